The van der Waals surface area contributed by atoms with E-state index in [0.717, 1.165) is 24.5 Å². The van der Waals surface area contributed by atoms with Crippen molar-refractivity contribution in [2.24, 2.45) is 4.99 Å². The summed E-state index contributed by atoms with van der Waals surface area (Å²) in [6, 6.07) is 0. The van der Waals surface area contributed by atoms with Crippen LogP contribution in [-0.2, 0) is 0 Å². The lowest BCUT2D eigenvalue weighted by atomic mass is 10.4. The zero-order valence-corrected chi connectivity index (χ0v) is 11.7. The monoisotopic (exact) mass is 225 g/mol. The van der Waals surface area contributed by atoms with E-state index in [2.05, 4.69) is 23.1 Å². The van der Waals surface area contributed by atoms with Crippen molar-refractivity contribution < 1.29 is 0 Å². The van der Waals surface area contributed by atoms with Crippen LogP contribution in [0.25, 0.3) is 0 Å². The van der Waals surface area contributed by atoms with Crippen molar-refractivity contribution in [3.05, 3.63) is 24.6 Å². The summed E-state index contributed by atoms with van der Waals surface area (Å²) >= 11 is 0. The Bertz CT molecular complexity index is 229. The molecule has 0 aliphatic heterocycles. The van der Waals surface area contributed by atoms with Gasteiger partial charge in [-0.1, -0.05) is 27.0 Å². The van der Waals surface area contributed by atoms with Gasteiger partial charge in [-0.3, -0.25) is 0 Å². The number of hydrogen-bond acceptors (Lipinski definition) is 3. The van der Waals surface area contributed by atoms with E-state index in [1.807, 2.05) is 46.8 Å². The molecule has 0 atom stereocenters. The molecular weight excluding hydrogens is 198 g/mol. The molecule has 0 fully saturated rings. The fraction of sp³-hybridized carbons (Fsp3) is 0.615. The smallest absolute Gasteiger partial charge is 0.120 e. The standard InChI is InChI=1S/C11H21N3.C2H6/c1-10(2)9-12-11(3)14(6)8-7-13(4)5;1-2/h9H,1,3,7-8H2,2,4-6H3;1-2H3/b12-9-;. The Hall–Kier alpha value is -1.09. The van der Waals surface area contributed by atoms with Crippen molar-refractivity contribution in [3.63, 3.8) is 0 Å². The van der Waals surface area contributed by atoms with Gasteiger partial charge in [-0.2, -0.15) is 0 Å². The van der Waals surface area contributed by atoms with E-state index in [0.29, 0.717) is 0 Å². The predicted molar refractivity (Wildman–Crippen MR) is 75.0 cm³/mol. The van der Waals surface area contributed by atoms with Crippen molar-refractivity contribution in [2.75, 3.05) is 34.2 Å². The van der Waals surface area contributed by atoms with Gasteiger partial charge in [0.25, 0.3) is 0 Å². The van der Waals surface area contributed by atoms with Gasteiger partial charge in [-0.05, 0) is 26.6 Å². The molecule has 0 N–H and O–H groups in total. The van der Waals surface area contributed by atoms with E-state index in [-0.39, 0.29) is 0 Å². The predicted octanol–water partition coefficient (Wildman–Crippen LogP) is 2.62. The minimum absolute atomic E-state index is 0.773. The zero-order chi connectivity index (χ0) is 13.1. The SMILES string of the molecule is C=C(C)/C=N\C(=C)N(C)CCN(C)C.CC. The molecule has 0 unspecified atom stereocenters. The summed E-state index contributed by atoms with van der Waals surface area (Å²) in [6.07, 6.45) is 1.73. The first-order valence-electron chi connectivity index (χ1n) is 5.68. The maximum absolute atomic E-state index is 4.19. The third kappa shape index (κ3) is 11.0. The van der Waals surface area contributed by atoms with Crippen LogP contribution in [0.2, 0.25) is 0 Å². The quantitative estimate of drug-likeness (QED) is 0.647. The molecular formula is C13H27N3. The number of hydrogen-bond donors (Lipinski definition) is 0. The Labute approximate surface area is 101 Å². The van der Waals surface area contributed by atoms with E-state index in [1.54, 1.807) is 6.21 Å². The lowest BCUT2D eigenvalue weighted by Crippen LogP contribution is -2.27. The van der Waals surface area contributed by atoms with Gasteiger partial charge in [0.2, 0.25) is 0 Å². The highest BCUT2D eigenvalue weighted by Crippen LogP contribution is 1.99. The number of nitrogens with zero attached hydrogens (tertiary/aromatic N) is 3. The van der Waals surface area contributed by atoms with Gasteiger partial charge in [0, 0.05) is 26.4 Å². The van der Waals surface area contributed by atoms with Crippen LogP contribution in [-0.4, -0.2) is 50.2 Å². The summed E-state index contributed by atoms with van der Waals surface area (Å²) < 4.78 is 0. The van der Waals surface area contributed by atoms with E-state index >= 15 is 0 Å². The topological polar surface area (TPSA) is 18.8 Å². The fourth-order valence-electron chi connectivity index (χ4n) is 0.762. The summed E-state index contributed by atoms with van der Waals surface area (Å²) in [5, 5.41) is 0. The highest BCUT2D eigenvalue weighted by molar-refractivity contribution is 5.77. The Morgan fingerprint density at radius 1 is 1.12 bits per heavy atom. The summed E-state index contributed by atoms with van der Waals surface area (Å²) in [4.78, 5) is 8.35. The van der Waals surface area contributed by atoms with Crippen molar-refractivity contribution in [1.82, 2.24) is 9.80 Å². The van der Waals surface area contributed by atoms with Crippen LogP contribution in [0.15, 0.2) is 29.5 Å². The number of likely N-dealkylation sites (N-methyl/N-ethyl adjacent to an activating group) is 2. The molecule has 0 spiro atoms. The maximum atomic E-state index is 4.19. The third-order valence-corrected chi connectivity index (χ3v) is 1.76. The summed E-state index contributed by atoms with van der Waals surface area (Å²) in [5.74, 6) is 0.773. The van der Waals surface area contributed by atoms with Crippen LogP contribution >= 0.6 is 0 Å². The highest BCUT2D eigenvalue weighted by atomic mass is 15.2. The van der Waals surface area contributed by atoms with Gasteiger partial charge in [0.05, 0.1) is 0 Å². The van der Waals surface area contributed by atoms with Crippen molar-refractivity contribution in [1.29, 1.82) is 0 Å². The minimum atomic E-state index is 0.773. The molecule has 0 saturated carbocycles. The van der Waals surface area contributed by atoms with Crippen LogP contribution in [0.5, 0.6) is 0 Å². The first kappa shape index (κ1) is 17.3. The van der Waals surface area contributed by atoms with E-state index in [1.165, 1.54) is 0 Å². The third-order valence-electron chi connectivity index (χ3n) is 1.76. The van der Waals surface area contributed by atoms with Gasteiger partial charge in [0.1, 0.15) is 5.82 Å². The molecule has 3 nitrogen and oxygen atoms in total. The molecule has 0 saturated heterocycles. The summed E-state index contributed by atoms with van der Waals surface area (Å²) in [6.45, 7) is 15.5. The minimum Gasteiger partial charge on any atom is -0.359 e. The van der Waals surface area contributed by atoms with E-state index in [4.69, 9.17) is 0 Å². The fourth-order valence-corrected chi connectivity index (χ4v) is 0.762. The lowest BCUT2D eigenvalue weighted by molar-refractivity contribution is 0.325. The molecule has 0 amide bonds. The maximum Gasteiger partial charge on any atom is 0.120 e. The summed E-state index contributed by atoms with van der Waals surface area (Å²) in [5.41, 5.74) is 0.937. The molecule has 0 bridgehead atoms. The molecule has 0 heterocycles. The number of aliphatic imine (C=N–C) groups is 1. The van der Waals surface area contributed by atoms with Gasteiger partial charge in [-0.25, -0.2) is 4.99 Å². The molecule has 0 aromatic rings. The van der Waals surface area contributed by atoms with Crippen LogP contribution in [0.3, 0.4) is 0 Å². The molecule has 0 aliphatic carbocycles. The van der Waals surface area contributed by atoms with Crippen LogP contribution in [0.1, 0.15) is 20.8 Å². The van der Waals surface area contributed by atoms with Gasteiger partial charge in [-0.15, -0.1) is 0 Å². The second-order valence-electron chi connectivity index (χ2n) is 3.75. The second kappa shape index (κ2) is 10.4. The molecule has 0 aromatic heterocycles. The molecule has 94 valence electrons. The van der Waals surface area contributed by atoms with Gasteiger partial charge < -0.3 is 9.80 Å². The van der Waals surface area contributed by atoms with E-state index in [9.17, 15) is 0 Å². The van der Waals surface area contributed by atoms with Gasteiger partial charge in [0.15, 0.2) is 0 Å². The average Bonchev–Trinajstić information content (AvgIpc) is 2.25. The molecule has 0 aromatic carbocycles. The van der Waals surface area contributed by atoms with Crippen molar-refractivity contribution >= 4 is 6.21 Å². The highest BCUT2D eigenvalue weighted by Gasteiger charge is 1.99. The zero-order valence-electron chi connectivity index (χ0n) is 11.7. The van der Waals surface area contributed by atoms with Crippen LogP contribution in [0.4, 0.5) is 0 Å². The molecule has 16 heavy (non-hydrogen) atoms. The number of allylic oxidation sites excluding steroid dienone is 1. The second-order valence-corrected chi connectivity index (χ2v) is 3.75. The number of rotatable bonds is 6. The van der Waals surface area contributed by atoms with E-state index < -0.39 is 0 Å². The van der Waals surface area contributed by atoms with Gasteiger partial charge >= 0.3 is 0 Å². The molecule has 3 heteroatoms. The molecule has 0 aliphatic rings. The first-order chi connectivity index (χ1) is 7.43. The lowest BCUT2D eigenvalue weighted by Gasteiger charge is -2.20. The average molecular weight is 225 g/mol. The Balaban J connectivity index is 0. The van der Waals surface area contributed by atoms with Crippen molar-refractivity contribution in [2.45, 2.75) is 20.8 Å². The Kier molecular flexibility index (Phi) is 11.3. The Morgan fingerprint density at radius 3 is 2.00 bits per heavy atom. The molecule has 0 rings (SSSR count). The summed E-state index contributed by atoms with van der Waals surface area (Å²) in [7, 11) is 6.09. The van der Waals surface area contributed by atoms with Crippen molar-refractivity contribution in [3.8, 4) is 0 Å². The Morgan fingerprint density at radius 2 is 1.62 bits per heavy atom. The first-order valence-corrected chi connectivity index (χ1v) is 5.68. The normalized spacial score (nSPS) is 9.94. The molecule has 0 radical (unpaired) electrons. The van der Waals surface area contributed by atoms with Crippen LogP contribution in [0, 0.1) is 0 Å². The largest absolute Gasteiger partial charge is 0.359 e. The van der Waals surface area contributed by atoms with Crippen LogP contribution < -0.4 is 0 Å².